The van der Waals surface area contributed by atoms with Crippen molar-refractivity contribution in [2.45, 2.75) is 0 Å². The number of hydrogen-bond acceptors (Lipinski definition) is 2. The fraction of sp³-hybridized carbons (Fsp3) is 0. The van der Waals surface area contributed by atoms with Crippen molar-refractivity contribution in [3.63, 3.8) is 0 Å². The average Bonchev–Trinajstić information content (AvgIpc) is 3.64. The zero-order chi connectivity index (χ0) is 31.3. The second-order valence-corrected chi connectivity index (χ2v) is 12.6. The summed E-state index contributed by atoms with van der Waals surface area (Å²) in [4.78, 5) is 11.0. The SMILES string of the molecule is c1ccc(-c2nc(-n3c4cccc5c4c4c(cccc43)-c3cccc4cccc-5c34)nc3c4ccccc4n(-c4ccccc4)c23)cc1. The van der Waals surface area contributed by atoms with Crippen LogP contribution in [-0.2, 0) is 0 Å². The monoisotopic (exact) mass is 610 g/mol. The maximum Gasteiger partial charge on any atom is 0.235 e. The van der Waals surface area contributed by atoms with Gasteiger partial charge in [-0.25, -0.2) is 9.97 Å². The molecule has 0 bridgehead atoms. The van der Waals surface area contributed by atoms with Gasteiger partial charge in [-0.1, -0.05) is 127 Å². The number of nitrogens with zero attached hydrogens (tertiary/aromatic N) is 4. The van der Waals surface area contributed by atoms with Crippen LogP contribution in [0.3, 0.4) is 0 Å². The first kappa shape index (κ1) is 25.6. The van der Waals surface area contributed by atoms with Crippen molar-refractivity contribution in [1.29, 1.82) is 0 Å². The van der Waals surface area contributed by atoms with Crippen LogP contribution in [0, 0.1) is 0 Å². The molecule has 3 heterocycles. The minimum atomic E-state index is 0.665. The summed E-state index contributed by atoms with van der Waals surface area (Å²) in [6, 6.07) is 56.3. The van der Waals surface area contributed by atoms with Gasteiger partial charge in [-0.3, -0.25) is 4.57 Å². The van der Waals surface area contributed by atoms with Gasteiger partial charge in [0.15, 0.2) is 0 Å². The van der Waals surface area contributed by atoms with E-state index in [1.54, 1.807) is 0 Å². The predicted octanol–water partition coefficient (Wildman–Crippen LogP) is 11.1. The lowest BCUT2D eigenvalue weighted by Gasteiger charge is -2.14. The smallest absolute Gasteiger partial charge is 0.235 e. The Balaban J connectivity index is 1.32. The van der Waals surface area contributed by atoms with Crippen molar-refractivity contribution in [3.05, 3.63) is 158 Å². The molecule has 3 aromatic heterocycles. The summed E-state index contributed by atoms with van der Waals surface area (Å²) in [5, 5.41) is 6.14. The minimum Gasteiger partial charge on any atom is -0.306 e. The average molecular weight is 611 g/mol. The maximum atomic E-state index is 5.51. The standard InChI is InChI=1S/C44H26N4/c1-3-13-28(14-4-1)41-43-42(34-19-7-8-24-35(34)47(43)29-17-5-2-6-18-29)46-44(45-41)48-36-25-11-22-32-30-20-9-15-27-16-10-21-31(38(27)30)33-23-12-26-37(48)40(33)39(32)36/h1-26H. The largest absolute Gasteiger partial charge is 0.306 e. The van der Waals surface area contributed by atoms with E-state index in [0.717, 1.165) is 49.9 Å². The van der Waals surface area contributed by atoms with Gasteiger partial charge in [0.2, 0.25) is 5.95 Å². The molecule has 0 saturated heterocycles. The van der Waals surface area contributed by atoms with Crippen LogP contribution in [0.5, 0.6) is 0 Å². The van der Waals surface area contributed by atoms with Gasteiger partial charge in [0.25, 0.3) is 0 Å². The summed E-state index contributed by atoms with van der Waals surface area (Å²) < 4.78 is 4.60. The Labute approximate surface area is 275 Å². The minimum absolute atomic E-state index is 0.665. The molecule has 0 aliphatic heterocycles. The Morgan fingerprint density at radius 1 is 0.396 bits per heavy atom. The molecule has 4 heteroatoms. The van der Waals surface area contributed by atoms with Crippen LogP contribution < -0.4 is 0 Å². The third-order valence-corrected chi connectivity index (χ3v) is 10.1. The molecule has 0 saturated carbocycles. The van der Waals surface area contributed by atoms with E-state index in [-0.39, 0.29) is 0 Å². The fourth-order valence-electron chi connectivity index (χ4n) is 8.14. The van der Waals surface area contributed by atoms with Gasteiger partial charge >= 0.3 is 0 Å². The van der Waals surface area contributed by atoms with E-state index >= 15 is 0 Å². The Kier molecular flexibility index (Phi) is 5.08. The third kappa shape index (κ3) is 3.33. The molecule has 10 aromatic rings. The van der Waals surface area contributed by atoms with Crippen molar-refractivity contribution >= 4 is 54.5 Å². The zero-order valence-corrected chi connectivity index (χ0v) is 25.8. The molecular formula is C44H26N4. The Hall–Kier alpha value is -6.52. The van der Waals surface area contributed by atoms with Crippen molar-refractivity contribution in [1.82, 2.24) is 19.1 Å². The van der Waals surface area contributed by atoms with E-state index in [0.29, 0.717) is 5.95 Å². The maximum absolute atomic E-state index is 5.51. The van der Waals surface area contributed by atoms with Gasteiger partial charge in [0.1, 0.15) is 11.2 Å². The zero-order valence-electron chi connectivity index (χ0n) is 25.8. The summed E-state index contributed by atoms with van der Waals surface area (Å²) in [7, 11) is 0. The molecule has 0 spiro atoms. The lowest BCUT2D eigenvalue weighted by atomic mass is 9.93. The number of benzene rings is 7. The highest BCUT2D eigenvalue weighted by Crippen LogP contribution is 2.49. The molecule has 0 unspecified atom stereocenters. The van der Waals surface area contributed by atoms with Gasteiger partial charge in [-0.2, -0.15) is 0 Å². The molecule has 0 N–H and O–H groups in total. The predicted molar refractivity (Wildman–Crippen MR) is 198 cm³/mol. The second-order valence-electron chi connectivity index (χ2n) is 12.6. The molecule has 11 rings (SSSR count). The molecule has 1 aliphatic rings. The van der Waals surface area contributed by atoms with E-state index in [9.17, 15) is 0 Å². The van der Waals surface area contributed by atoms with Crippen LogP contribution >= 0.6 is 0 Å². The number of fused-ring (bicyclic) bond motifs is 5. The summed E-state index contributed by atoms with van der Waals surface area (Å²) in [5.41, 5.74) is 13.3. The van der Waals surface area contributed by atoms with Crippen molar-refractivity contribution < 1.29 is 0 Å². The van der Waals surface area contributed by atoms with E-state index in [4.69, 9.17) is 9.97 Å². The first-order chi connectivity index (χ1) is 23.8. The Morgan fingerprint density at radius 2 is 0.938 bits per heavy atom. The van der Waals surface area contributed by atoms with Crippen molar-refractivity contribution in [2.24, 2.45) is 0 Å². The normalized spacial score (nSPS) is 12.2. The van der Waals surface area contributed by atoms with Gasteiger partial charge < -0.3 is 4.57 Å². The summed E-state index contributed by atoms with van der Waals surface area (Å²) in [5.74, 6) is 0.665. The number of hydrogen-bond donors (Lipinski definition) is 0. The van der Waals surface area contributed by atoms with Crippen molar-refractivity contribution in [2.75, 3.05) is 0 Å². The first-order valence-corrected chi connectivity index (χ1v) is 16.4. The van der Waals surface area contributed by atoms with Gasteiger partial charge in [0, 0.05) is 27.4 Å². The van der Waals surface area contributed by atoms with E-state index < -0.39 is 0 Å². The fourth-order valence-corrected chi connectivity index (χ4v) is 8.14. The first-order valence-electron chi connectivity index (χ1n) is 16.4. The van der Waals surface area contributed by atoms with Gasteiger partial charge in [-0.05, 0) is 63.4 Å². The molecule has 0 radical (unpaired) electrons. The van der Waals surface area contributed by atoms with Crippen LogP contribution in [0.4, 0.5) is 0 Å². The highest BCUT2D eigenvalue weighted by Gasteiger charge is 2.27. The lowest BCUT2D eigenvalue weighted by molar-refractivity contribution is 1.01. The van der Waals surface area contributed by atoms with E-state index in [1.807, 2.05) is 0 Å². The summed E-state index contributed by atoms with van der Waals surface area (Å²) in [6.07, 6.45) is 0. The number of rotatable bonds is 3. The van der Waals surface area contributed by atoms with Crippen LogP contribution in [-0.4, -0.2) is 19.1 Å². The van der Waals surface area contributed by atoms with Crippen LogP contribution in [0.1, 0.15) is 0 Å². The number of aromatic nitrogens is 4. The molecule has 0 amide bonds. The van der Waals surface area contributed by atoms with E-state index in [1.165, 1.54) is 43.8 Å². The lowest BCUT2D eigenvalue weighted by Crippen LogP contribution is -2.05. The Bertz CT molecular complexity index is 2840. The molecule has 4 nitrogen and oxygen atoms in total. The summed E-state index contributed by atoms with van der Waals surface area (Å²) >= 11 is 0. The van der Waals surface area contributed by atoms with Crippen molar-refractivity contribution in [3.8, 4) is 45.1 Å². The molecular weight excluding hydrogens is 585 g/mol. The van der Waals surface area contributed by atoms with E-state index in [2.05, 4.69) is 167 Å². The molecule has 0 fully saturated rings. The Morgan fingerprint density at radius 3 is 1.60 bits per heavy atom. The molecule has 48 heavy (non-hydrogen) atoms. The molecule has 222 valence electrons. The van der Waals surface area contributed by atoms with Gasteiger partial charge in [0.05, 0.1) is 22.1 Å². The molecule has 0 atom stereocenters. The number of para-hydroxylation sites is 2. The highest BCUT2D eigenvalue weighted by atomic mass is 15.2. The third-order valence-electron chi connectivity index (χ3n) is 10.1. The van der Waals surface area contributed by atoms with Crippen LogP contribution in [0.25, 0.3) is 99.7 Å². The topological polar surface area (TPSA) is 35.6 Å². The van der Waals surface area contributed by atoms with Crippen LogP contribution in [0.15, 0.2) is 158 Å². The molecule has 1 aliphatic carbocycles. The highest BCUT2D eigenvalue weighted by molar-refractivity contribution is 6.27. The van der Waals surface area contributed by atoms with Crippen LogP contribution in [0.2, 0.25) is 0 Å². The second kappa shape index (κ2) is 9.50. The van der Waals surface area contributed by atoms with Gasteiger partial charge in [-0.15, -0.1) is 0 Å². The molecule has 7 aromatic carbocycles. The quantitative estimate of drug-likeness (QED) is 0.199. The summed E-state index contributed by atoms with van der Waals surface area (Å²) in [6.45, 7) is 0.